The molecule has 0 aliphatic heterocycles. The standard InChI is InChI=1S/C17H18N4O5S/c22-16-9-11-3-1-2-4-13(11)20-21(16)8-7-18-27(24,25)12-5-6-15-14(10-12)19-17(23)26-15/h5-6,9-10,18H,1-4,7-8H2,(H,19,23). The number of sulfonamides is 1. The van der Waals surface area contributed by atoms with Crippen molar-refractivity contribution in [2.24, 2.45) is 0 Å². The van der Waals surface area contributed by atoms with Gasteiger partial charge in [0.25, 0.3) is 5.56 Å². The third-order valence-electron chi connectivity index (χ3n) is 4.59. The normalized spacial score (nSPS) is 14.4. The van der Waals surface area contributed by atoms with Gasteiger partial charge in [0.1, 0.15) is 0 Å². The van der Waals surface area contributed by atoms with Crippen molar-refractivity contribution in [2.45, 2.75) is 37.1 Å². The molecule has 0 radical (unpaired) electrons. The van der Waals surface area contributed by atoms with Gasteiger partial charge in [-0.05, 0) is 49.4 Å². The number of nitrogens with one attached hydrogen (secondary N) is 2. The molecule has 0 atom stereocenters. The van der Waals surface area contributed by atoms with Crippen molar-refractivity contribution in [1.29, 1.82) is 0 Å². The summed E-state index contributed by atoms with van der Waals surface area (Å²) in [5.41, 5.74) is 2.26. The number of aryl methyl sites for hydroxylation is 2. The second-order valence-electron chi connectivity index (χ2n) is 6.46. The Morgan fingerprint density at radius 2 is 2.00 bits per heavy atom. The van der Waals surface area contributed by atoms with Crippen LogP contribution in [0.4, 0.5) is 0 Å². The molecule has 0 unspecified atom stereocenters. The first-order valence-corrected chi connectivity index (χ1v) is 10.1. The second kappa shape index (κ2) is 6.78. The number of H-pyrrole nitrogens is 1. The Hall–Kier alpha value is -2.72. The van der Waals surface area contributed by atoms with Gasteiger partial charge in [-0.2, -0.15) is 5.10 Å². The number of hydrogen-bond acceptors (Lipinski definition) is 6. The molecular formula is C17H18N4O5S. The molecule has 2 N–H and O–H groups in total. The topological polar surface area (TPSA) is 127 Å². The molecule has 0 bridgehead atoms. The number of rotatable bonds is 5. The van der Waals surface area contributed by atoms with Crippen LogP contribution in [0.25, 0.3) is 11.1 Å². The summed E-state index contributed by atoms with van der Waals surface area (Å²) in [4.78, 5) is 25.7. The minimum atomic E-state index is -3.80. The highest BCUT2D eigenvalue weighted by atomic mass is 32.2. The Bertz CT molecular complexity index is 1220. The third kappa shape index (κ3) is 3.58. The number of benzene rings is 1. The van der Waals surface area contributed by atoms with Crippen LogP contribution in [0.1, 0.15) is 24.1 Å². The number of aromatic nitrogens is 3. The van der Waals surface area contributed by atoms with Crippen LogP contribution in [0.2, 0.25) is 0 Å². The molecule has 0 fully saturated rings. The molecule has 4 rings (SSSR count). The van der Waals surface area contributed by atoms with Crippen molar-refractivity contribution in [1.82, 2.24) is 19.5 Å². The van der Waals surface area contributed by atoms with Crippen molar-refractivity contribution in [3.05, 3.63) is 56.4 Å². The average Bonchev–Trinajstić information content (AvgIpc) is 3.01. The zero-order valence-corrected chi connectivity index (χ0v) is 15.2. The monoisotopic (exact) mass is 390 g/mol. The van der Waals surface area contributed by atoms with Gasteiger partial charge in [0.2, 0.25) is 10.0 Å². The minimum Gasteiger partial charge on any atom is -0.408 e. The molecule has 0 spiro atoms. The first-order chi connectivity index (χ1) is 12.9. The van der Waals surface area contributed by atoms with E-state index in [-0.39, 0.29) is 29.1 Å². The summed E-state index contributed by atoms with van der Waals surface area (Å²) in [5, 5.41) is 4.37. The fourth-order valence-corrected chi connectivity index (χ4v) is 4.28. The molecule has 1 aliphatic rings. The van der Waals surface area contributed by atoms with Gasteiger partial charge in [-0.25, -0.2) is 22.6 Å². The SMILES string of the molecule is O=c1[nH]c2cc(S(=O)(=O)NCCn3nc4c(cc3=O)CCCC4)ccc2o1. The van der Waals surface area contributed by atoms with Crippen molar-refractivity contribution in [2.75, 3.05) is 6.54 Å². The lowest BCUT2D eigenvalue weighted by Gasteiger charge is -2.16. The number of oxazole rings is 1. The molecule has 27 heavy (non-hydrogen) atoms. The summed E-state index contributed by atoms with van der Waals surface area (Å²) in [6, 6.07) is 5.69. The van der Waals surface area contributed by atoms with Crippen LogP contribution in [0.3, 0.4) is 0 Å². The predicted octanol–water partition coefficient (Wildman–Crippen LogP) is 0.535. The fourth-order valence-electron chi connectivity index (χ4n) is 3.23. The molecule has 1 aliphatic carbocycles. The van der Waals surface area contributed by atoms with Gasteiger partial charge < -0.3 is 4.42 Å². The van der Waals surface area contributed by atoms with Crippen LogP contribution in [-0.4, -0.2) is 29.7 Å². The van der Waals surface area contributed by atoms with Crippen LogP contribution >= 0.6 is 0 Å². The average molecular weight is 390 g/mol. The van der Waals surface area contributed by atoms with E-state index in [4.69, 9.17) is 4.42 Å². The maximum Gasteiger partial charge on any atom is 0.417 e. The minimum absolute atomic E-state index is 0.00204. The van der Waals surface area contributed by atoms with Crippen molar-refractivity contribution < 1.29 is 12.8 Å². The number of hydrogen-bond donors (Lipinski definition) is 2. The quantitative estimate of drug-likeness (QED) is 0.654. The first-order valence-electron chi connectivity index (χ1n) is 8.65. The molecule has 0 saturated heterocycles. The van der Waals surface area contributed by atoms with E-state index in [0.717, 1.165) is 36.9 Å². The maximum atomic E-state index is 12.4. The molecule has 0 saturated carbocycles. The summed E-state index contributed by atoms with van der Waals surface area (Å²) in [7, 11) is -3.80. The lowest BCUT2D eigenvalue weighted by molar-refractivity contribution is 0.526. The van der Waals surface area contributed by atoms with E-state index in [1.54, 1.807) is 6.07 Å². The Morgan fingerprint density at radius 1 is 1.19 bits per heavy atom. The highest BCUT2D eigenvalue weighted by Gasteiger charge is 2.17. The molecule has 0 amide bonds. The Kier molecular flexibility index (Phi) is 4.44. The summed E-state index contributed by atoms with van der Waals surface area (Å²) < 4.78 is 33.5. The van der Waals surface area contributed by atoms with Crippen LogP contribution in [-0.2, 0) is 29.4 Å². The summed E-state index contributed by atoms with van der Waals surface area (Å²) in [6.07, 6.45) is 3.81. The highest BCUT2D eigenvalue weighted by molar-refractivity contribution is 7.89. The van der Waals surface area contributed by atoms with E-state index in [1.807, 2.05) is 0 Å². The number of fused-ring (bicyclic) bond motifs is 2. The zero-order chi connectivity index (χ0) is 19.0. The van der Waals surface area contributed by atoms with E-state index in [1.165, 1.54) is 22.9 Å². The fraction of sp³-hybridized carbons (Fsp3) is 0.353. The van der Waals surface area contributed by atoms with E-state index in [9.17, 15) is 18.0 Å². The van der Waals surface area contributed by atoms with Gasteiger partial charge in [-0.15, -0.1) is 0 Å². The molecule has 2 aromatic heterocycles. The Balaban J connectivity index is 1.49. The smallest absolute Gasteiger partial charge is 0.408 e. The van der Waals surface area contributed by atoms with E-state index in [2.05, 4.69) is 14.8 Å². The van der Waals surface area contributed by atoms with Gasteiger partial charge >= 0.3 is 5.76 Å². The van der Waals surface area contributed by atoms with Crippen molar-refractivity contribution in [3.63, 3.8) is 0 Å². The number of aromatic amines is 1. The largest absolute Gasteiger partial charge is 0.417 e. The lowest BCUT2D eigenvalue weighted by atomic mass is 9.97. The van der Waals surface area contributed by atoms with Crippen LogP contribution < -0.4 is 16.0 Å². The van der Waals surface area contributed by atoms with E-state index >= 15 is 0 Å². The molecular weight excluding hydrogens is 372 g/mol. The lowest BCUT2D eigenvalue weighted by Crippen LogP contribution is -2.33. The molecule has 142 valence electrons. The molecule has 10 heteroatoms. The van der Waals surface area contributed by atoms with Gasteiger partial charge in [-0.3, -0.25) is 9.78 Å². The van der Waals surface area contributed by atoms with Crippen LogP contribution in [0, 0.1) is 0 Å². The maximum absolute atomic E-state index is 12.4. The van der Waals surface area contributed by atoms with Gasteiger partial charge in [0.05, 0.1) is 22.7 Å². The molecule has 3 aromatic rings. The highest BCUT2D eigenvalue weighted by Crippen LogP contribution is 2.17. The Morgan fingerprint density at radius 3 is 2.85 bits per heavy atom. The molecule has 1 aromatic carbocycles. The molecule has 2 heterocycles. The second-order valence-corrected chi connectivity index (χ2v) is 8.22. The summed E-state index contributed by atoms with van der Waals surface area (Å²) in [5.74, 6) is -0.648. The predicted molar refractivity (Wildman–Crippen MR) is 97.2 cm³/mol. The third-order valence-corrected chi connectivity index (χ3v) is 6.05. The van der Waals surface area contributed by atoms with Crippen molar-refractivity contribution >= 4 is 21.1 Å². The van der Waals surface area contributed by atoms with Crippen molar-refractivity contribution in [3.8, 4) is 0 Å². The molecule has 9 nitrogen and oxygen atoms in total. The van der Waals surface area contributed by atoms with E-state index in [0.29, 0.717) is 5.52 Å². The van der Waals surface area contributed by atoms with Gasteiger partial charge in [0, 0.05) is 12.6 Å². The Labute approximate surface area is 154 Å². The first kappa shape index (κ1) is 17.7. The van der Waals surface area contributed by atoms with Gasteiger partial charge in [0.15, 0.2) is 5.58 Å². The van der Waals surface area contributed by atoms with Crippen LogP contribution in [0.15, 0.2) is 43.2 Å². The van der Waals surface area contributed by atoms with Crippen LogP contribution in [0.5, 0.6) is 0 Å². The van der Waals surface area contributed by atoms with Gasteiger partial charge in [-0.1, -0.05) is 0 Å². The zero-order valence-electron chi connectivity index (χ0n) is 14.4. The number of nitrogens with zero attached hydrogens (tertiary/aromatic N) is 2. The summed E-state index contributed by atoms with van der Waals surface area (Å²) >= 11 is 0. The van der Waals surface area contributed by atoms with E-state index < -0.39 is 15.8 Å². The summed E-state index contributed by atoms with van der Waals surface area (Å²) in [6.45, 7) is 0.157.